The topological polar surface area (TPSA) is 29.9 Å². The highest BCUT2D eigenvalue weighted by atomic mass is 15.1. The molecule has 0 unspecified atom stereocenters. The highest BCUT2D eigenvalue weighted by Gasteiger charge is 2.17. The average Bonchev–Trinajstić information content (AvgIpc) is 2.71. The molecule has 3 nitrogen and oxygen atoms in total. The van der Waals surface area contributed by atoms with Crippen LogP contribution in [0.5, 0.6) is 0 Å². The number of benzene rings is 1. The first-order valence-corrected chi connectivity index (χ1v) is 7.61. The van der Waals surface area contributed by atoms with Crippen LogP contribution < -0.4 is 5.32 Å². The lowest BCUT2D eigenvalue weighted by Gasteiger charge is -2.25. The van der Waals surface area contributed by atoms with E-state index in [-0.39, 0.29) is 0 Å². The van der Waals surface area contributed by atoms with Gasteiger partial charge in [0.1, 0.15) is 5.82 Å². The van der Waals surface area contributed by atoms with Crippen LogP contribution in [-0.2, 0) is 13.6 Å². The van der Waals surface area contributed by atoms with Crippen molar-refractivity contribution in [3.05, 3.63) is 30.1 Å². The van der Waals surface area contributed by atoms with E-state index in [1.807, 2.05) is 6.07 Å². The number of para-hydroxylation sites is 2. The molecule has 1 heterocycles. The summed E-state index contributed by atoms with van der Waals surface area (Å²) >= 11 is 0. The summed E-state index contributed by atoms with van der Waals surface area (Å²) in [5.74, 6) is 3.24. The molecule has 0 bridgehead atoms. The Labute approximate surface area is 122 Å². The Kier molecular flexibility index (Phi) is 4.81. The minimum atomic E-state index is 0.711. The fourth-order valence-corrected chi connectivity index (χ4v) is 2.95. The maximum Gasteiger partial charge on any atom is 0.123 e. The molecule has 0 fully saturated rings. The molecule has 0 radical (unpaired) electrons. The lowest BCUT2D eigenvalue weighted by atomic mass is 9.85. The maximum absolute atomic E-state index is 4.70. The number of nitrogens with one attached hydrogen (secondary N) is 1. The lowest BCUT2D eigenvalue weighted by Crippen LogP contribution is -2.30. The molecule has 1 N–H and O–H groups in total. The summed E-state index contributed by atoms with van der Waals surface area (Å²) in [5, 5.41) is 3.58. The maximum atomic E-state index is 4.70. The van der Waals surface area contributed by atoms with Crippen molar-refractivity contribution in [3.8, 4) is 0 Å². The molecular weight excluding hydrogens is 246 g/mol. The molecule has 0 saturated heterocycles. The first-order valence-electron chi connectivity index (χ1n) is 7.61. The highest BCUT2D eigenvalue weighted by molar-refractivity contribution is 5.75. The molecule has 0 spiro atoms. The van der Waals surface area contributed by atoms with E-state index in [4.69, 9.17) is 4.98 Å². The SMILES string of the molecule is CC(C)C(CNCc1nc2ccccc2n1C)C(C)C. The Hall–Kier alpha value is -1.35. The van der Waals surface area contributed by atoms with E-state index in [0.29, 0.717) is 17.8 Å². The van der Waals surface area contributed by atoms with Gasteiger partial charge in [-0.3, -0.25) is 0 Å². The summed E-state index contributed by atoms with van der Waals surface area (Å²) < 4.78 is 2.18. The number of aryl methyl sites for hydroxylation is 1. The van der Waals surface area contributed by atoms with Gasteiger partial charge in [0.15, 0.2) is 0 Å². The van der Waals surface area contributed by atoms with Crippen molar-refractivity contribution >= 4 is 11.0 Å². The first-order chi connectivity index (χ1) is 9.50. The predicted octanol–water partition coefficient (Wildman–Crippen LogP) is 3.59. The third-order valence-electron chi connectivity index (χ3n) is 4.26. The number of rotatable bonds is 6. The monoisotopic (exact) mass is 273 g/mol. The molecule has 0 atom stereocenters. The van der Waals surface area contributed by atoms with E-state index >= 15 is 0 Å². The Morgan fingerprint density at radius 1 is 1.10 bits per heavy atom. The van der Waals surface area contributed by atoms with E-state index in [0.717, 1.165) is 24.4 Å². The summed E-state index contributed by atoms with van der Waals surface area (Å²) in [6.45, 7) is 11.1. The quantitative estimate of drug-likeness (QED) is 0.871. The minimum Gasteiger partial charge on any atom is -0.330 e. The molecule has 0 amide bonds. The van der Waals surface area contributed by atoms with Crippen molar-refractivity contribution in [2.45, 2.75) is 34.2 Å². The van der Waals surface area contributed by atoms with Gasteiger partial charge < -0.3 is 9.88 Å². The molecule has 0 aliphatic heterocycles. The molecule has 110 valence electrons. The average molecular weight is 273 g/mol. The van der Waals surface area contributed by atoms with Gasteiger partial charge in [0.25, 0.3) is 0 Å². The second-order valence-corrected chi connectivity index (χ2v) is 6.36. The van der Waals surface area contributed by atoms with Crippen molar-refractivity contribution in [1.82, 2.24) is 14.9 Å². The van der Waals surface area contributed by atoms with Gasteiger partial charge >= 0.3 is 0 Å². The number of nitrogens with zero attached hydrogens (tertiary/aromatic N) is 2. The summed E-state index contributed by atoms with van der Waals surface area (Å²) in [6, 6.07) is 8.30. The van der Waals surface area contributed by atoms with Crippen molar-refractivity contribution in [3.63, 3.8) is 0 Å². The Balaban J connectivity index is 2.01. The summed E-state index contributed by atoms with van der Waals surface area (Å²) in [5.41, 5.74) is 2.28. The predicted molar refractivity (Wildman–Crippen MR) is 85.6 cm³/mol. The van der Waals surface area contributed by atoms with Gasteiger partial charge in [0.2, 0.25) is 0 Å². The van der Waals surface area contributed by atoms with Gasteiger partial charge in [-0.05, 0) is 36.4 Å². The van der Waals surface area contributed by atoms with E-state index in [1.54, 1.807) is 0 Å². The van der Waals surface area contributed by atoms with Crippen LogP contribution in [0, 0.1) is 17.8 Å². The van der Waals surface area contributed by atoms with E-state index in [9.17, 15) is 0 Å². The zero-order valence-electron chi connectivity index (χ0n) is 13.4. The molecule has 20 heavy (non-hydrogen) atoms. The van der Waals surface area contributed by atoms with Crippen LogP contribution in [0.15, 0.2) is 24.3 Å². The van der Waals surface area contributed by atoms with Crippen molar-refractivity contribution < 1.29 is 0 Å². The number of aromatic nitrogens is 2. The zero-order valence-corrected chi connectivity index (χ0v) is 13.4. The van der Waals surface area contributed by atoms with Crippen LogP contribution in [0.25, 0.3) is 11.0 Å². The Morgan fingerprint density at radius 2 is 1.75 bits per heavy atom. The Bertz CT molecular complexity index is 546. The fraction of sp³-hybridized carbons (Fsp3) is 0.588. The van der Waals surface area contributed by atoms with E-state index < -0.39 is 0 Å². The van der Waals surface area contributed by atoms with Crippen LogP contribution in [0.3, 0.4) is 0 Å². The summed E-state index contributed by atoms with van der Waals surface area (Å²) in [7, 11) is 2.09. The molecule has 2 aromatic rings. The largest absolute Gasteiger partial charge is 0.330 e. The van der Waals surface area contributed by atoms with E-state index in [1.165, 1.54) is 5.52 Å². The number of hydrogen-bond donors (Lipinski definition) is 1. The van der Waals surface area contributed by atoms with Gasteiger partial charge in [0, 0.05) is 7.05 Å². The van der Waals surface area contributed by atoms with Gasteiger partial charge in [-0.15, -0.1) is 0 Å². The van der Waals surface area contributed by atoms with Gasteiger partial charge in [-0.2, -0.15) is 0 Å². The van der Waals surface area contributed by atoms with Crippen LogP contribution in [0.4, 0.5) is 0 Å². The first kappa shape index (κ1) is 15.0. The lowest BCUT2D eigenvalue weighted by molar-refractivity contribution is 0.274. The minimum absolute atomic E-state index is 0.711. The van der Waals surface area contributed by atoms with Crippen molar-refractivity contribution in [2.24, 2.45) is 24.8 Å². The number of hydrogen-bond acceptors (Lipinski definition) is 2. The standard InChI is InChI=1S/C17H27N3/c1-12(2)14(13(3)4)10-18-11-17-19-15-8-6-7-9-16(15)20(17)5/h6-9,12-14,18H,10-11H2,1-5H3. The molecule has 0 saturated carbocycles. The highest BCUT2D eigenvalue weighted by Crippen LogP contribution is 2.20. The Morgan fingerprint density at radius 3 is 2.35 bits per heavy atom. The van der Waals surface area contributed by atoms with Crippen LogP contribution in [0.1, 0.15) is 33.5 Å². The fourth-order valence-electron chi connectivity index (χ4n) is 2.95. The molecule has 0 aliphatic rings. The third kappa shape index (κ3) is 3.21. The molecule has 2 rings (SSSR count). The normalized spacial score (nSPS) is 12.2. The van der Waals surface area contributed by atoms with Crippen molar-refractivity contribution in [1.29, 1.82) is 0 Å². The number of fused-ring (bicyclic) bond motifs is 1. The summed E-state index contributed by atoms with van der Waals surface area (Å²) in [4.78, 5) is 4.70. The van der Waals surface area contributed by atoms with Crippen LogP contribution >= 0.6 is 0 Å². The molecule has 1 aromatic carbocycles. The van der Waals surface area contributed by atoms with Gasteiger partial charge in [0.05, 0.1) is 17.6 Å². The van der Waals surface area contributed by atoms with Gasteiger partial charge in [-0.1, -0.05) is 39.8 Å². The van der Waals surface area contributed by atoms with Crippen molar-refractivity contribution in [2.75, 3.05) is 6.54 Å². The molecule has 3 heteroatoms. The second-order valence-electron chi connectivity index (χ2n) is 6.36. The third-order valence-corrected chi connectivity index (χ3v) is 4.26. The molecular formula is C17H27N3. The van der Waals surface area contributed by atoms with E-state index in [2.05, 4.69) is 62.8 Å². The van der Waals surface area contributed by atoms with Gasteiger partial charge in [-0.25, -0.2) is 4.98 Å². The van der Waals surface area contributed by atoms with Crippen LogP contribution in [0.2, 0.25) is 0 Å². The molecule has 1 aromatic heterocycles. The van der Waals surface area contributed by atoms with Crippen LogP contribution in [-0.4, -0.2) is 16.1 Å². The molecule has 0 aliphatic carbocycles. The smallest absolute Gasteiger partial charge is 0.123 e. The zero-order chi connectivity index (χ0) is 14.7. The number of imidazole rings is 1. The summed E-state index contributed by atoms with van der Waals surface area (Å²) in [6.07, 6.45) is 0. The second kappa shape index (κ2) is 6.40.